The van der Waals surface area contributed by atoms with E-state index in [1.54, 1.807) is 42.5 Å². The van der Waals surface area contributed by atoms with Gasteiger partial charge in [0.1, 0.15) is 19.8 Å². The molecule has 0 saturated carbocycles. The van der Waals surface area contributed by atoms with Gasteiger partial charge in [0.25, 0.3) is 0 Å². The number of hydrogen-bond acceptors (Lipinski definition) is 10. The highest BCUT2D eigenvalue weighted by Crippen LogP contribution is 2.43. The van der Waals surface area contributed by atoms with E-state index in [9.17, 15) is 34.4 Å². The lowest BCUT2D eigenvalue weighted by Gasteiger charge is -2.24. The van der Waals surface area contributed by atoms with Gasteiger partial charge < -0.3 is 34.2 Å². The van der Waals surface area contributed by atoms with Crippen LogP contribution in [0, 0.1) is 0 Å². The van der Waals surface area contributed by atoms with E-state index >= 15 is 0 Å². The molecule has 0 bridgehead atoms. The number of rotatable bonds is 42. The van der Waals surface area contributed by atoms with Crippen LogP contribution in [0.2, 0.25) is 0 Å². The molecule has 0 aromatic carbocycles. The van der Waals surface area contributed by atoms with E-state index in [1.807, 2.05) is 21.1 Å². The molecule has 0 aromatic heterocycles. The van der Waals surface area contributed by atoms with Gasteiger partial charge in [0, 0.05) is 12.8 Å². The van der Waals surface area contributed by atoms with Gasteiger partial charge in [-0.25, -0.2) is 4.57 Å². The van der Waals surface area contributed by atoms with E-state index in [2.05, 4.69) is 13.8 Å². The maximum atomic E-state index is 12.7. The Hall–Kier alpha value is -2.15. The largest absolute Gasteiger partial charge is 0.472 e. The van der Waals surface area contributed by atoms with Gasteiger partial charge in [-0.3, -0.25) is 18.6 Å². The molecule has 61 heavy (non-hydrogen) atoms. The summed E-state index contributed by atoms with van der Waals surface area (Å²) in [6, 6.07) is 0. The maximum absolute atomic E-state index is 12.7. The quantitative estimate of drug-likeness (QED) is 0.0151. The van der Waals surface area contributed by atoms with Crippen LogP contribution in [0.5, 0.6) is 0 Å². The smallest absolute Gasteiger partial charge is 0.462 e. The number of carbonyl (C=O) groups excluding carboxylic acids is 2. The van der Waals surface area contributed by atoms with Crippen molar-refractivity contribution in [3.63, 3.8) is 0 Å². The molecular formula is C48H89NO11P+. The van der Waals surface area contributed by atoms with Crippen molar-refractivity contribution in [2.75, 3.05) is 47.5 Å². The van der Waals surface area contributed by atoms with E-state index < -0.39 is 50.8 Å². The molecule has 13 heteroatoms. The van der Waals surface area contributed by atoms with E-state index in [0.717, 1.165) is 44.9 Å². The number of nitrogens with zero attached hydrogens (tertiary/aromatic N) is 1. The highest BCUT2D eigenvalue weighted by molar-refractivity contribution is 7.47. The fraction of sp³-hybridized carbons (Fsp3) is 0.792. The van der Waals surface area contributed by atoms with Crippen molar-refractivity contribution in [1.29, 1.82) is 0 Å². The molecular weight excluding hydrogens is 797 g/mol. The molecule has 0 spiro atoms. The lowest BCUT2D eigenvalue weighted by Crippen LogP contribution is -2.37. The number of unbranched alkanes of at least 4 members (excludes halogenated alkanes) is 18. The zero-order valence-electron chi connectivity index (χ0n) is 39.0. The maximum Gasteiger partial charge on any atom is 0.472 e. The van der Waals surface area contributed by atoms with Crippen LogP contribution in [0.25, 0.3) is 0 Å². The Kier molecular flexibility index (Phi) is 38.1. The minimum Gasteiger partial charge on any atom is -0.462 e. The van der Waals surface area contributed by atoms with Crippen molar-refractivity contribution in [2.24, 2.45) is 0 Å². The predicted octanol–water partition coefficient (Wildman–Crippen LogP) is 10.4. The van der Waals surface area contributed by atoms with Gasteiger partial charge in [-0.05, 0) is 25.7 Å². The third kappa shape index (κ3) is 41.6. The molecule has 0 amide bonds. The van der Waals surface area contributed by atoms with Crippen LogP contribution in [-0.2, 0) is 32.7 Å². The molecule has 0 fully saturated rings. The fourth-order valence-corrected chi connectivity index (χ4v) is 7.08. The molecule has 0 saturated heterocycles. The number of hydrogen-bond donors (Lipinski definition) is 4. The number of ether oxygens (including phenoxy) is 2. The minimum absolute atomic E-state index is 0.0323. The van der Waals surface area contributed by atoms with Crippen LogP contribution in [0.3, 0.4) is 0 Å². The van der Waals surface area contributed by atoms with Gasteiger partial charge in [-0.15, -0.1) is 0 Å². The van der Waals surface area contributed by atoms with Crippen molar-refractivity contribution in [2.45, 2.75) is 199 Å². The summed E-state index contributed by atoms with van der Waals surface area (Å²) in [5.41, 5.74) is 0. The molecule has 0 aliphatic rings. The first-order chi connectivity index (χ1) is 29.2. The van der Waals surface area contributed by atoms with Crippen LogP contribution >= 0.6 is 7.82 Å². The third-order valence-electron chi connectivity index (χ3n) is 10.2. The number of phosphoric ester groups is 1. The molecule has 1 unspecified atom stereocenters. The zero-order chi connectivity index (χ0) is 45.5. The average Bonchev–Trinajstić information content (AvgIpc) is 3.20. The molecule has 5 atom stereocenters. The molecule has 0 aliphatic heterocycles. The van der Waals surface area contributed by atoms with Crippen molar-refractivity contribution < 1.29 is 57.4 Å². The predicted molar refractivity (Wildman–Crippen MR) is 247 cm³/mol. The summed E-state index contributed by atoms with van der Waals surface area (Å²) in [7, 11) is 1.26. The first kappa shape index (κ1) is 58.9. The summed E-state index contributed by atoms with van der Waals surface area (Å²) in [6.45, 7) is 3.93. The fourth-order valence-electron chi connectivity index (χ4n) is 6.34. The molecule has 0 heterocycles. The number of aliphatic hydroxyl groups excluding tert-OH is 3. The van der Waals surface area contributed by atoms with E-state index in [0.29, 0.717) is 17.4 Å². The Morgan fingerprint density at radius 1 is 0.574 bits per heavy atom. The Morgan fingerprint density at radius 3 is 1.59 bits per heavy atom. The zero-order valence-corrected chi connectivity index (χ0v) is 39.9. The molecule has 0 radical (unpaired) electrons. The molecule has 0 rings (SSSR count). The van der Waals surface area contributed by atoms with E-state index in [1.165, 1.54) is 89.5 Å². The number of carbonyl (C=O) groups is 2. The third-order valence-corrected chi connectivity index (χ3v) is 11.2. The van der Waals surface area contributed by atoms with Gasteiger partial charge in [0.15, 0.2) is 6.10 Å². The van der Waals surface area contributed by atoms with Gasteiger partial charge in [0.05, 0.1) is 46.1 Å². The summed E-state index contributed by atoms with van der Waals surface area (Å²) >= 11 is 0. The van der Waals surface area contributed by atoms with E-state index in [4.69, 9.17) is 18.5 Å². The van der Waals surface area contributed by atoms with Crippen LogP contribution in [-0.4, -0.2) is 109 Å². The summed E-state index contributed by atoms with van der Waals surface area (Å²) in [4.78, 5) is 35.5. The summed E-state index contributed by atoms with van der Waals surface area (Å²) in [5.74, 6) is -1.12. The second-order valence-corrected chi connectivity index (χ2v) is 18.8. The minimum atomic E-state index is -4.47. The molecule has 356 valence electrons. The van der Waals surface area contributed by atoms with Crippen molar-refractivity contribution in [3.05, 3.63) is 48.6 Å². The lowest BCUT2D eigenvalue weighted by molar-refractivity contribution is -0.870. The van der Waals surface area contributed by atoms with Gasteiger partial charge in [-0.2, -0.15) is 0 Å². The highest BCUT2D eigenvalue weighted by atomic mass is 31.2. The summed E-state index contributed by atoms with van der Waals surface area (Å²) in [6.07, 6.45) is 35.2. The monoisotopic (exact) mass is 887 g/mol. The Labute approximate surface area is 371 Å². The number of esters is 2. The Bertz CT molecular complexity index is 1230. The summed E-state index contributed by atoms with van der Waals surface area (Å²) < 4.78 is 34.1. The number of aliphatic hydroxyl groups is 3. The van der Waals surface area contributed by atoms with Gasteiger partial charge in [-0.1, -0.05) is 184 Å². The van der Waals surface area contributed by atoms with Crippen LogP contribution in [0.1, 0.15) is 174 Å². The molecule has 0 aliphatic carbocycles. The molecule has 4 N–H and O–H groups in total. The molecule has 12 nitrogen and oxygen atoms in total. The number of likely N-dealkylation sites (N-methyl/N-ethyl adjacent to an activating group) is 1. The second-order valence-electron chi connectivity index (χ2n) is 17.4. The number of allylic oxidation sites excluding steroid dienone is 6. The Balaban J connectivity index is 4.62. The Morgan fingerprint density at radius 2 is 1.05 bits per heavy atom. The number of phosphoric acid groups is 1. The van der Waals surface area contributed by atoms with Gasteiger partial charge in [0.2, 0.25) is 0 Å². The first-order valence-electron chi connectivity index (χ1n) is 23.7. The van der Waals surface area contributed by atoms with Crippen LogP contribution in [0.15, 0.2) is 48.6 Å². The van der Waals surface area contributed by atoms with Gasteiger partial charge >= 0.3 is 19.8 Å². The summed E-state index contributed by atoms with van der Waals surface area (Å²) in [5, 5.41) is 30.6. The molecule has 0 aromatic rings. The van der Waals surface area contributed by atoms with Crippen molar-refractivity contribution >= 4 is 19.8 Å². The van der Waals surface area contributed by atoms with E-state index in [-0.39, 0.29) is 38.9 Å². The normalized spacial score (nSPS) is 15.5. The highest BCUT2D eigenvalue weighted by Gasteiger charge is 2.27. The topological polar surface area (TPSA) is 169 Å². The average molecular weight is 887 g/mol. The standard InChI is InChI=1S/C48H88NO11P/c1-6-8-10-11-12-13-14-15-16-17-18-19-20-21-22-27-31-37-47(53)57-41-44(42-59-61(55,56)58-40-39-49(3,4)5)60-48(54)38-32-36-46(52)45(51)35-30-26-24-23-25-29-34-43(50)33-28-9-7-2/h23-26,29-30,34-35,43-46,50-52H,6-22,27-28,31-33,36-42H2,1-5H3/p+1/b25-23-,26-24+,34-29+,35-30+/t43-,44+,45-,46-/m0/s1. The first-order valence-corrected chi connectivity index (χ1v) is 25.2. The van der Waals surface area contributed by atoms with Crippen LogP contribution < -0.4 is 0 Å². The number of quaternary nitrogens is 1. The SMILES string of the molecule is CCCCCCCCCCCCCCCCCCCC(=O)OC[C@H](COP(=O)(O)OCC[N+](C)(C)C)OC(=O)CCC[C@H](O)[C@@H](O)/C=C/C=C/C=C\C=C\[C@@H](O)CCCCC. The lowest BCUT2D eigenvalue weighted by atomic mass is 10.0. The van der Waals surface area contributed by atoms with Crippen LogP contribution in [0.4, 0.5) is 0 Å². The van der Waals surface area contributed by atoms with Crippen molar-refractivity contribution in [1.82, 2.24) is 0 Å². The second kappa shape index (κ2) is 39.4. The van der Waals surface area contributed by atoms with Crippen molar-refractivity contribution in [3.8, 4) is 0 Å².